The molecule has 0 aromatic heterocycles. The summed E-state index contributed by atoms with van der Waals surface area (Å²) >= 11 is 3.39. The topological polar surface area (TPSA) is 35.5 Å². The molecule has 0 fully saturated rings. The van der Waals surface area contributed by atoms with Crippen molar-refractivity contribution in [3.05, 3.63) is 29.8 Å². The Hall–Kier alpha value is -1.03. The highest BCUT2D eigenvalue weighted by atomic mass is 79.9. The first-order valence-electron chi connectivity index (χ1n) is 5.70. The molecule has 0 radical (unpaired) electrons. The molecular weight excluding hydrogens is 284 g/mol. The van der Waals surface area contributed by atoms with Gasteiger partial charge in [0, 0.05) is 10.9 Å². The summed E-state index contributed by atoms with van der Waals surface area (Å²) in [6.07, 6.45) is 0.0604. The molecule has 17 heavy (non-hydrogen) atoms. The molecule has 0 aliphatic rings. The van der Waals surface area contributed by atoms with Crippen LogP contribution in [0.5, 0.6) is 5.75 Å². The molecule has 0 heterocycles. The first kappa shape index (κ1) is 14.0. The van der Waals surface area contributed by atoms with Crippen LogP contribution >= 0.6 is 15.9 Å². The summed E-state index contributed by atoms with van der Waals surface area (Å²) in [5.41, 5.74) is 1.02. The molecule has 1 atom stereocenters. The maximum Gasteiger partial charge on any atom is 0.347 e. The summed E-state index contributed by atoms with van der Waals surface area (Å²) in [5, 5.41) is 0.697. The summed E-state index contributed by atoms with van der Waals surface area (Å²) in [6, 6.07) is 7.65. The highest BCUT2D eigenvalue weighted by molar-refractivity contribution is 9.08. The highest BCUT2D eigenvalue weighted by Gasteiger charge is 2.20. The van der Waals surface area contributed by atoms with Crippen LogP contribution in [-0.4, -0.2) is 18.7 Å². The number of halogens is 1. The molecule has 4 heteroatoms. The van der Waals surface area contributed by atoms with Gasteiger partial charge in [-0.15, -0.1) is 0 Å². The fourth-order valence-corrected chi connectivity index (χ4v) is 1.88. The van der Waals surface area contributed by atoms with E-state index in [-0.39, 0.29) is 5.97 Å². The van der Waals surface area contributed by atoms with Gasteiger partial charge in [0.25, 0.3) is 0 Å². The van der Waals surface area contributed by atoms with E-state index in [1.165, 1.54) is 0 Å². The molecule has 1 aromatic rings. The predicted molar refractivity (Wildman–Crippen MR) is 70.4 cm³/mol. The molecule has 0 unspecified atom stereocenters. The minimum absolute atomic E-state index is 0.306. The van der Waals surface area contributed by atoms with Crippen molar-refractivity contribution in [1.82, 2.24) is 0 Å². The lowest BCUT2D eigenvalue weighted by molar-refractivity contribution is -0.151. The van der Waals surface area contributed by atoms with Crippen molar-refractivity contribution in [3.8, 4) is 5.75 Å². The number of para-hydroxylation sites is 1. The Kier molecular flexibility index (Phi) is 6.05. The van der Waals surface area contributed by atoms with Crippen LogP contribution < -0.4 is 4.74 Å². The van der Waals surface area contributed by atoms with Crippen molar-refractivity contribution in [2.45, 2.75) is 31.7 Å². The van der Waals surface area contributed by atoms with Gasteiger partial charge in [-0.05, 0) is 19.4 Å². The summed E-state index contributed by atoms with van der Waals surface area (Å²) in [6.45, 7) is 4.06. The largest absolute Gasteiger partial charge is 0.478 e. The molecule has 0 spiro atoms. The van der Waals surface area contributed by atoms with Crippen LogP contribution in [0.4, 0.5) is 0 Å². The van der Waals surface area contributed by atoms with E-state index in [4.69, 9.17) is 9.47 Å². The van der Waals surface area contributed by atoms with Crippen LogP contribution in [0.3, 0.4) is 0 Å². The van der Waals surface area contributed by atoms with Crippen LogP contribution in [0.2, 0.25) is 0 Å². The van der Waals surface area contributed by atoms with Crippen LogP contribution in [-0.2, 0) is 14.9 Å². The average molecular weight is 301 g/mol. The maximum absolute atomic E-state index is 11.6. The number of carbonyl (C=O) groups excluding carboxylic acids is 1. The van der Waals surface area contributed by atoms with Crippen LogP contribution in [0.1, 0.15) is 25.8 Å². The standard InChI is InChI=1S/C13H17BrO3/c1-3-11(13(15)16-4-2)17-12-8-6-5-7-10(12)9-14/h5-8,11H,3-4,9H2,1-2H3/t11-/m1/s1. The van der Waals surface area contributed by atoms with Gasteiger partial charge in [0.1, 0.15) is 5.75 Å². The Morgan fingerprint density at radius 3 is 2.65 bits per heavy atom. The average Bonchev–Trinajstić information content (AvgIpc) is 2.36. The van der Waals surface area contributed by atoms with E-state index < -0.39 is 6.10 Å². The van der Waals surface area contributed by atoms with E-state index in [1.54, 1.807) is 6.92 Å². The van der Waals surface area contributed by atoms with Crippen molar-refractivity contribution in [3.63, 3.8) is 0 Å². The van der Waals surface area contributed by atoms with E-state index >= 15 is 0 Å². The molecular formula is C13H17BrO3. The lowest BCUT2D eigenvalue weighted by Crippen LogP contribution is -2.29. The molecule has 0 saturated carbocycles. The maximum atomic E-state index is 11.6. The Balaban J connectivity index is 2.76. The van der Waals surface area contributed by atoms with Gasteiger partial charge in [-0.25, -0.2) is 4.79 Å². The fraction of sp³-hybridized carbons (Fsp3) is 0.462. The Morgan fingerprint density at radius 2 is 2.06 bits per heavy atom. The SMILES string of the molecule is CCOC(=O)[C@@H](CC)Oc1ccccc1CBr. The molecule has 0 N–H and O–H groups in total. The Morgan fingerprint density at radius 1 is 1.35 bits per heavy atom. The summed E-state index contributed by atoms with van der Waals surface area (Å²) < 4.78 is 10.7. The van der Waals surface area contributed by atoms with Gasteiger partial charge >= 0.3 is 5.97 Å². The summed E-state index contributed by atoms with van der Waals surface area (Å²) in [4.78, 5) is 11.6. The number of benzene rings is 1. The Bertz CT molecular complexity index is 365. The second kappa shape index (κ2) is 7.33. The number of rotatable bonds is 6. The molecule has 0 aliphatic heterocycles. The number of hydrogen-bond acceptors (Lipinski definition) is 3. The molecule has 0 amide bonds. The van der Waals surface area contributed by atoms with Gasteiger partial charge in [0.05, 0.1) is 6.61 Å². The minimum Gasteiger partial charge on any atom is -0.478 e. The third-order valence-corrected chi connectivity index (χ3v) is 2.91. The Labute approximate surface area is 110 Å². The number of hydrogen-bond donors (Lipinski definition) is 0. The van der Waals surface area contributed by atoms with Gasteiger partial charge in [-0.3, -0.25) is 0 Å². The zero-order valence-corrected chi connectivity index (χ0v) is 11.7. The van der Waals surface area contributed by atoms with E-state index in [2.05, 4.69) is 15.9 Å². The second-order valence-electron chi connectivity index (χ2n) is 3.51. The van der Waals surface area contributed by atoms with E-state index in [9.17, 15) is 4.79 Å². The third kappa shape index (κ3) is 4.04. The van der Waals surface area contributed by atoms with Gasteiger partial charge < -0.3 is 9.47 Å². The second-order valence-corrected chi connectivity index (χ2v) is 4.07. The molecule has 1 rings (SSSR count). The number of ether oxygens (including phenoxy) is 2. The minimum atomic E-state index is -0.532. The number of alkyl halides is 1. The van der Waals surface area contributed by atoms with Gasteiger partial charge in [-0.2, -0.15) is 0 Å². The molecule has 0 bridgehead atoms. The third-order valence-electron chi connectivity index (χ3n) is 2.31. The predicted octanol–water partition coefficient (Wildman–Crippen LogP) is 3.30. The number of esters is 1. The van der Waals surface area contributed by atoms with E-state index in [1.807, 2.05) is 31.2 Å². The first-order chi connectivity index (χ1) is 8.22. The zero-order chi connectivity index (χ0) is 12.7. The van der Waals surface area contributed by atoms with Crippen molar-refractivity contribution in [2.24, 2.45) is 0 Å². The molecule has 1 aromatic carbocycles. The van der Waals surface area contributed by atoms with Crippen molar-refractivity contribution >= 4 is 21.9 Å². The fourth-order valence-electron chi connectivity index (χ4n) is 1.42. The van der Waals surface area contributed by atoms with Crippen molar-refractivity contribution in [1.29, 1.82) is 0 Å². The molecule has 0 saturated heterocycles. The first-order valence-corrected chi connectivity index (χ1v) is 6.82. The summed E-state index contributed by atoms with van der Waals surface area (Å²) in [7, 11) is 0. The van der Waals surface area contributed by atoms with Crippen LogP contribution in [0.15, 0.2) is 24.3 Å². The summed E-state index contributed by atoms with van der Waals surface area (Å²) in [5.74, 6) is 0.420. The van der Waals surface area contributed by atoms with Crippen LogP contribution in [0.25, 0.3) is 0 Å². The monoisotopic (exact) mass is 300 g/mol. The van der Waals surface area contributed by atoms with Gasteiger partial charge in [0.15, 0.2) is 6.10 Å². The van der Waals surface area contributed by atoms with Crippen molar-refractivity contribution in [2.75, 3.05) is 6.61 Å². The zero-order valence-electron chi connectivity index (χ0n) is 10.1. The lowest BCUT2D eigenvalue weighted by Gasteiger charge is -2.17. The van der Waals surface area contributed by atoms with E-state index in [0.717, 1.165) is 11.3 Å². The lowest BCUT2D eigenvalue weighted by atomic mass is 10.2. The van der Waals surface area contributed by atoms with Gasteiger partial charge in [0.2, 0.25) is 0 Å². The van der Waals surface area contributed by atoms with Crippen molar-refractivity contribution < 1.29 is 14.3 Å². The normalized spacial score (nSPS) is 11.9. The quantitative estimate of drug-likeness (QED) is 0.597. The smallest absolute Gasteiger partial charge is 0.347 e. The van der Waals surface area contributed by atoms with E-state index in [0.29, 0.717) is 18.4 Å². The van der Waals surface area contributed by atoms with Crippen LogP contribution in [0, 0.1) is 0 Å². The molecule has 94 valence electrons. The molecule has 3 nitrogen and oxygen atoms in total. The molecule has 0 aliphatic carbocycles. The van der Waals surface area contributed by atoms with Gasteiger partial charge in [-0.1, -0.05) is 41.1 Å². The highest BCUT2D eigenvalue weighted by Crippen LogP contribution is 2.22. The number of carbonyl (C=O) groups is 1.